The van der Waals surface area contributed by atoms with Gasteiger partial charge in [0.1, 0.15) is 0 Å². The topological polar surface area (TPSA) is 0 Å². The van der Waals surface area contributed by atoms with Gasteiger partial charge in [0.15, 0.2) is 0 Å². The highest BCUT2D eigenvalue weighted by molar-refractivity contribution is 7.99. The molecule has 0 aliphatic carbocycles. The monoisotopic (exact) mass is 376 g/mol. The number of hydrogen-bond acceptors (Lipinski definition) is 2. The maximum atomic E-state index is 5.93. The Hall–Kier alpha value is -1.06. The predicted octanol–water partition coefficient (Wildman–Crippen LogP) is 7.60. The summed E-state index contributed by atoms with van der Waals surface area (Å²) in [4.78, 5) is 4.86. The lowest BCUT2D eigenvalue weighted by atomic mass is 10.2. The molecule has 0 saturated carbocycles. The minimum absolute atomic E-state index is 0.764. The third kappa shape index (κ3) is 4.71. The maximum Gasteiger partial charge on any atom is 0.0406 e. The number of benzene rings is 3. The van der Waals surface area contributed by atoms with Crippen LogP contribution in [-0.4, -0.2) is 0 Å². The summed E-state index contributed by atoms with van der Waals surface area (Å²) in [7, 11) is 0. The average molecular weight is 377 g/mol. The molecule has 0 aromatic heterocycles. The van der Waals surface area contributed by atoms with Crippen LogP contribution in [0.3, 0.4) is 0 Å². The molecular weight excluding hydrogens is 363 g/mol. The van der Waals surface area contributed by atoms with E-state index in [4.69, 9.17) is 23.2 Å². The third-order valence-corrected chi connectivity index (χ3v) is 5.92. The maximum absolute atomic E-state index is 5.93. The number of halogens is 2. The van der Waals surface area contributed by atoms with Crippen molar-refractivity contribution in [3.63, 3.8) is 0 Å². The first-order valence-electron chi connectivity index (χ1n) is 7.08. The van der Waals surface area contributed by atoms with Crippen molar-refractivity contribution in [3.8, 4) is 0 Å². The molecule has 0 heterocycles. The van der Waals surface area contributed by atoms with Gasteiger partial charge in [-0.1, -0.05) is 46.7 Å². The second kappa shape index (κ2) is 7.67. The number of hydrogen-bond donors (Lipinski definition) is 0. The van der Waals surface area contributed by atoms with Gasteiger partial charge in [-0.3, -0.25) is 0 Å². The summed E-state index contributed by atoms with van der Waals surface area (Å²) in [5, 5.41) is 1.53. The van der Waals surface area contributed by atoms with Crippen molar-refractivity contribution in [1.29, 1.82) is 0 Å². The minimum Gasteiger partial charge on any atom is -0.0901 e. The van der Waals surface area contributed by atoms with Crippen molar-refractivity contribution >= 4 is 46.7 Å². The zero-order valence-corrected chi connectivity index (χ0v) is 15.6. The Morgan fingerprint density at radius 2 is 1.09 bits per heavy atom. The van der Waals surface area contributed by atoms with Crippen LogP contribution in [0.25, 0.3) is 0 Å². The fourth-order valence-electron chi connectivity index (χ4n) is 2.07. The Morgan fingerprint density at radius 1 is 0.609 bits per heavy atom. The van der Waals surface area contributed by atoms with Crippen molar-refractivity contribution in [2.45, 2.75) is 26.5 Å². The van der Waals surface area contributed by atoms with Gasteiger partial charge < -0.3 is 0 Å². The van der Waals surface area contributed by atoms with Gasteiger partial charge in [0.2, 0.25) is 0 Å². The van der Waals surface area contributed by atoms with Crippen LogP contribution in [0.2, 0.25) is 10.0 Å². The van der Waals surface area contributed by atoms with Crippen LogP contribution in [0, 0.1) is 6.92 Å². The molecule has 0 nitrogen and oxygen atoms in total. The number of aryl methyl sites for hydroxylation is 1. The second-order valence-corrected chi connectivity index (χ2v) is 8.17. The Labute approximate surface area is 155 Å². The van der Waals surface area contributed by atoms with Crippen LogP contribution in [0.5, 0.6) is 0 Å². The molecule has 0 N–H and O–H groups in total. The molecule has 0 atom stereocenters. The molecule has 3 aromatic rings. The summed E-state index contributed by atoms with van der Waals surface area (Å²) >= 11 is 15.4. The first-order chi connectivity index (χ1) is 11.1. The lowest BCUT2D eigenvalue weighted by Crippen LogP contribution is -1.82. The molecule has 0 bridgehead atoms. The van der Waals surface area contributed by atoms with Crippen LogP contribution >= 0.6 is 46.7 Å². The van der Waals surface area contributed by atoms with Crippen molar-refractivity contribution < 1.29 is 0 Å². The van der Waals surface area contributed by atoms with E-state index >= 15 is 0 Å². The molecule has 116 valence electrons. The van der Waals surface area contributed by atoms with E-state index in [1.165, 1.54) is 25.1 Å². The largest absolute Gasteiger partial charge is 0.0901 e. The molecule has 0 unspecified atom stereocenters. The molecule has 0 fully saturated rings. The van der Waals surface area contributed by atoms with Gasteiger partial charge in [-0.25, -0.2) is 0 Å². The molecule has 3 rings (SSSR count). The molecule has 0 radical (unpaired) electrons. The van der Waals surface area contributed by atoms with Gasteiger partial charge >= 0.3 is 0 Å². The van der Waals surface area contributed by atoms with Gasteiger partial charge in [0, 0.05) is 29.6 Å². The van der Waals surface area contributed by atoms with Crippen molar-refractivity contribution in [3.05, 3.63) is 82.3 Å². The van der Waals surface area contributed by atoms with Gasteiger partial charge in [-0.05, 0) is 79.2 Å². The van der Waals surface area contributed by atoms with E-state index in [0.29, 0.717) is 0 Å². The van der Waals surface area contributed by atoms with Crippen molar-refractivity contribution in [2.24, 2.45) is 0 Å². The highest BCUT2D eigenvalue weighted by Gasteiger charge is 2.04. The van der Waals surface area contributed by atoms with Crippen LogP contribution in [0.4, 0.5) is 0 Å². The van der Waals surface area contributed by atoms with E-state index in [1.807, 2.05) is 48.5 Å². The molecule has 23 heavy (non-hydrogen) atoms. The quantitative estimate of drug-likeness (QED) is 0.459. The summed E-state index contributed by atoms with van der Waals surface area (Å²) in [6.07, 6.45) is 0. The average Bonchev–Trinajstić information content (AvgIpc) is 2.54. The lowest BCUT2D eigenvalue weighted by Gasteiger charge is -2.08. The van der Waals surface area contributed by atoms with E-state index in [2.05, 4.69) is 25.1 Å². The highest BCUT2D eigenvalue weighted by atomic mass is 35.5. The molecular formula is C19H14Cl2S2. The van der Waals surface area contributed by atoms with Crippen LogP contribution in [0.1, 0.15) is 5.56 Å². The summed E-state index contributed by atoms with van der Waals surface area (Å²) in [5.74, 6) is 0. The standard InChI is InChI=1S/C19H14Cl2S2/c1-13-12-18(22-16-6-2-14(20)3-7-16)10-11-19(13)23-17-8-4-15(21)5-9-17/h2-12H,1H3. The first kappa shape index (κ1) is 16.8. The predicted molar refractivity (Wildman–Crippen MR) is 102 cm³/mol. The Kier molecular flexibility index (Phi) is 5.60. The molecule has 0 saturated heterocycles. The number of rotatable bonds is 4. The van der Waals surface area contributed by atoms with Gasteiger partial charge in [0.05, 0.1) is 0 Å². The molecule has 3 aromatic carbocycles. The summed E-state index contributed by atoms with van der Waals surface area (Å²) < 4.78 is 0. The highest BCUT2D eigenvalue weighted by Crippen LogP contribution is 2.35. The fraction of sp³-hybridized carbons (Fsp3) is 0.0526. The van der Waals surface area contributed by atoms with Gasteiger partial charge in [-0.2, -0.15) is 0 Å². The Morgan fingerprint density at radius 3 is 1.61 bits per heavy atom. The summed E-state index contributed by atoms with van der Waals surface area (Å²) in [6.45, 7) is 2.14. The second-order valence-electron chi connectivity index (χ2n) is 5.04. The Bertz CT molecular complexity index is 797. The van der Waals surface area contributed by atoms with Gasteiger partial charge in [0.25, 0.3) is 0 Å². The zero-order valence-electron chi connectivity index (χ0n) is 12.4. The molecule has 0 aliphatic rings. The fourth-order valence-corrected chi connectivity index (χ4v) is 4.12. The van der Waals surface area contributed by atoms with E-state index in [9.17, 15) is 0 Å². The summed E-state index contributed by atoms with van der Waals surface area (Å²) in [5.41, 5.74) is 1.27. The molecule has 0 aliphatic heterocycles. The Balaban J connectivity index is 1.75. The van der Waals surface area contributed by atoms with Crippen LogP contribution < -0.4 is 0 Å². The van der Waals surface area contributed by atoms with Crippen molar-refractivity contribution in [1.82, 2.24) is 0 Å². The molecule has 0 spiro atoms. The van der Waals surface area contributed by atoms with Crippen LogP contribution in [-0.2, 0) is 0 Å². The van der Waals surface area contributed by atoms with E-state index in [-0.39, 0.29) is 0 Å². The SMILES string of the molecule is Cc1cc(Sc2ccc(Cl)cc2)ccc1Sc1ccc(Cl)cc1. The third-order valence-electron chi connectivity index (χ3n) is 3.24. The molecule has 0 amide bonds. The first-order valence-corrected chi connectivity index (χ1v) is 9.46. The van der Waals surface area contributed by atoms with Crippen LogP contribution in [0.15, 0.2) is 86.3 Å². The van der Waals surface area contributed by atoms with Gasteiger partial charge in [-0.15, -0.1) is 0 Å². The van der Waals surface area contributed by atoms with E-state index in [1.54, 1.807) is 23.5 Å². The minimum atomic E-state index is 0.764. The van der Waals surface area contributed by atoms with Crippen molar-refractivity contribution in [2.75, 3.05) is 0 Å². The molecule has 4 heteroatoms. The normalized spacial score (nSPS) is 10.7. The van der Waals surface area contributed by atoms with E-state index in [0.717, 1.165) is 10.0 Å². The zero-order chi connectivity index (χ0) is 16.2. The lowest BCUT2D eigenvalue weighted by molar-refractivity contribution is 1.23. The van der Waals surface area contributed by atoms with E-state index < -0.39 is 0 Å². The summed E-state index contributed by atoms with van der Waals surface area (Å²) in [6, 6.07) is 22.4. The smallest absolute Gasteiger partial charge is 0.0406 e.